The molecule has 1 saturated carbocycles. The monoisotopic (exact) mass is 276 g/mol. The summed E-state index contributed by atoms with van der Waals surface area (Å²) in [6.07, 6.45) is 3.67. The summed E-state index contributed by atoms with van der Waals surface area (Å²) >= 11 is 0. The van der Waals surface area contributed by atoms with Crippen molar-refractivity contribution < 1.29 is 13.2 Å². The molecule has 0 spiro atoms. The lowest BCUT2D eigenvalue weighted by Crippen LogP contribution is -2.41. The Bertz CT molecular complexity index is 358. The maximum absolute atomic E-state index is 11.9. The molecule has 3 atom stereocenters. The summed E-state index contributed by atoms with van der Waals surface area (Å²) in [7, 11) is -1.54. The third-order valence-electron chi connectivity index (χ3n) is 4.06. The molecule has 0 aromatic rings. The fourth-order valence-corrected chi connectivity index (χ4v) is 4.45. The molecule has 1 aliphatic heterocycles. The van der Waals surface area contributed by atoms with Crippen molar-refractivity contribution in [3.8, 4) is 0 Å². The highest BCUT2D eigenvalue weighted by Crippen LogP contribution is 2.32. The smallest absolute Gasteiger partial charge is 0.211 e. The molecule has 1 saturated heterocycles. The van der Waals surface area contributed by atoms with E-state index in [1.54, 1.807) is 7.11 Å². The SMILES string of the molecule is COCCCS(=O)(=O)NC1CC[C@H]2CNC[C@H]2C1. The van der Waals surface area contributed by atoms with Gasteiger partial charge in [-0.2, -0.15) is 0 Å². The molecule has 2 aliphatic rings. The minimum Gasteiger partial charge on any atom is -0.385 e. The molecule has 1 unspecified atom stereocenters. The van der Waals surface area contributed by atoms with Crippen LogP contribution in [0.5, 0.6) is 0 Å². The first-order valence-electron chi connectivity index (χ1n) is 6.80. The number of nitrogens with one attached hydrogen (secondary N) is 2. The van der Waals surface area contributed by atoms with Crippen molar-refractivity contribution in [2.75, 3.05) is 32.6 Å². The summed E-state index contributed by atoms with van der Waals surface area (Å²) in [5, 5.41) is 3.40. The van der Waals surface area contributed by atoms with Gasteiger partial charge in [0, 0.05) is 19.8 Å². The lowest BCUT2D eigenvalue weighted by atomic mass is 9.79. The second-order valence-electron chi connectivity index (χ2n) is 5.47. The molecule has 0 aromatic carbocycles. The number of rotatable bonds is 6. The topological polar surface area (TPSA) is 67.4 Å². The second kappa shape index (κ2) is 6.32. The fourth-order valence-electron chi connectivity index (χ4n) is 3.11. The zero-order chi connectivity index (χ0) is 13.0. The van der Waals surface area contributed by atoms with Crippen molar-refractivity contribution in [3.63, 3.8) is 0 Å². The van der Waals surface area contributed by atoms with Gasteiger partial charge < -0.3 is 10.1 Å². The molecule has 6 heteroatoms. The van der Waals surface area contributed by atoms with Crippen LogP contribution in [0.2, 0.25) is 0 Å². The Balaban J connectivity index is 1.78. The number of hydrogen-bond donors (Lipinski definition) is 2. The maximum Gasteiger partial charge on any atom is 0.211 e. The van der Waals surface area contributed by atoms with E-state index >= 15 is 0 Å². The van der Waals surface area contributed by atoms with Crippen LogP contribution in [0.3, 0.4) is 0 Å². The molecule has 2 rings (SSSR count). The zero-order valence-corrected chi connectivity index (χ0v) is 11.8. The normalized spacial score (nSPS) is 32.4. The first kappa shape index (κ1) is 14.2. The average Bonchev–Trinajstić information content (AvgIpc) is 2.75. The van der Waals surface area contributed by atoms with Gasteiger partial charge in [-0.1, -0.05) is 0 Å². The molecule has 2 fully saturated rings. The molecular formula is C12H24N2O3S. The van der Waals surface area contributed by atoms with Crippen LogP contribution in [0.15, 0.2) is 0 Å². The standard InChI is InChI=1S/C12H24N2O3S/c1-17-5-2-6-18(15,16)14-12-4-3-10-8-13-9-11(10)7-12/h10-14H,2-9H2,1H3/t10-,11+,12?/m0/s1. The van der Waals surface area contributed by atoms with Crippen molar-refractivity contribution >= 4 is 10.0 Å². The molecule has 0 bridgehead atoms. The Hall–Kier alpha value is -0.170. The van der Waals surface area contributed by atoms with Gasteiger partial charge in [0.25, 0.3) is 0 Å². The summed E-state index contributed by atoms with van der Waals surface area (Å²) in [6, 6.07) is 0.138. The van der Waals surface area contributed by atoms with Crippen LogP contribution in [-0.4, -0.2) is 47.0 Å². The molecule has 0 aromatic heterocycles. The number of hydrogen-bond acceptors (Lipinski definition) is 4. The number of ether oxygens (including phenoxy) is 1. The predicted molar refractivity (Wildman–Crippen MR) is 70.9 cm³/mol. The third-order valence-corrected chi connectivity index (χ3v) is 5.58. The number of sulfonamides is 1. The number of fused-ring (bicyclic) bond motifs is 1. The lowest BCUT2D eigenvalue weighted by molar-refractivity contribution is 0.199. The van der Waals surface area contributed by atoms with E-state index in [4.69, 9.17) is 4.74 Å². The van der Waals surface area contributed by atoms with Gasteiger partial charge in [0.1, 0.15) is 0 Å². The molecule has 106 valence electrons. The van der Waals surface area contributed by atoms with Gasteiger partial charge in [-0.25, -0.2) is 13.1 Å². The second-order valence-corrected chi connectivity index (χ2v) is 7.34. The Morgan fingerprint density at radius 3 is 2.83 bits per heavy atom. The van der Waals surface area contributed by atoms with Crippen molar-refractivity contribution in [2.24, 2.45) is 11.8 Å². The van der Waals surface area contributed by atoms with E-state index < -0.39 is 10.0 Å². The van der Waals surface area contributed by atoms with Crippen LogP contribution in [0.1, 0.15) is 25.7 Å². The van der Waals surface area contributed by atoms with Crippen molar-refractivity contribution in [2.45, 2.75) is 31.7 Å². The average molecular weight is 276 g/mol. The Kier molecular flexibility index (Phi) is 5.00. The summed E-state index contributed by atoms with van der Waals surface area (Å²) in [6.45, 7) is 2.66. The maximum atomic E-state index is 11.9. The molecule has 2 N–H and O–H groups in total. The molecular weight excluding hydrogens is 252 g/mol. The lowest BCUT2D eigenvalue weighted by Gasteiger charge is -2.31. The van der Waals surface area contributed by atoms with E-state index in [0.29, 0.717) is 18.9 Å². The molecule has 18 heavy (non-hydrogen) atoms. The van der Waals surface area contributed by atoms with Crippen LogP contribution in [0, 0.1) is 11.8 Å². The highest BCUT2D eigenvalue weighted by molar-refractivity contribution is 7.89. The van der Waals surface area contributed by atoms with Crippen molar-refractivity contribution in [1.82, 2.24) is 10.0 Å². The minimum atomic E-state index is -3.13. The highest BCUT2D eigenvalue weighted by atomic mass is 32.2. The van der Waals surface area contributed by atoms with Crippen LogP contribution in [0.4, 0.5) is 0 Å². The van der Waals surface area contributed by atoms with Gasteiger partial charge in [0.05, 0.1) is 5.75 Å². The van der Waals surface area contributed by atoms with E-state index in [1.165, 1.54) is 0 Å². The summed E-state index contributed by atoms with van der Waals surface area (Å²) in [5.41, 5.74) is 0. The fraction of sp³-hybridized carbons (Fsp3) is 1.00. The first-order valence-corrected chi connectivity index (χ1v) is 8.45. The minimum absolute atomic E-state index is 0.138. The van der Waals surface area contributed by atoms with Crippen LogP contribution < -0.4 is 10.0 Å². The van der Waals surface area contributed by atoms with Gasteiger partial charge in [-0.3, -0.25) is 0 Å². The summed E-state index contributed by atoms with van der Waals surface area (Å²) in [4.78, 5) is 0. The molecule has 1 heterocycles. The van der Waals surface area contributed by atoms with Gasteiger partial charge >= 0.3 is 0 Å². The van der Waals surface area contributed by atoms with E-state index in [-0.39, 0.29) is 11.8 Å². The van der Waals surface area contributed by atoms with E-state index in [2.05, 4.69) is 10.0 Å². The molecule has 1 aliphatic carbocycles. The Morgan fingerprint density at radius 1 is 1.28 bits per heavy atom. The highest BCUT2D eigenvalue weighted by Gasteiger charge is 2.34. The Labute approximate surface area is 110 Å². The van der Waals surface area contributed by atoms with E-state index in [1.807, 2.05) is 0 Å². The third kappa shape index (κ3) is 3.91. The van der Waals surface area contributed by atoms with Gasteiger partial charge in [-0.15, -0.1) is 0 Å². The van der Waals surface area contributed by atoms with Crippen LogP contribution in [0.25, 0.3) is 0 Å². The summed E-state index contributed by atoms with van der Waals surface area (Å²) in [5.74, 6) is 1.59. The van der Waals surface area contributed by atoms with Crippen molar-refractivity contribution in [3.05, 3.63) is 0 Å². The van der Waals surface area contributed by atoms with Crippen LogP contribution in [-0.2, 0) is 14.8 Å². The quantitative estimate of drug-likeness (QED) is 0.686. The van der Waals surface area contributed by atoms with E-state index in [9.17, 15) is 8.42 Å². The number of methoxy groups -OCH3 is 1. The van der Waals surface area contributed by atoms with Gasteiger partial charge in [0.2, 0.25) is 10.0 Å². The largest absolute Gasteiger partial charge is 0.385 e. The Morgan fingerprint density at radius 2 is 2.06 bits per heavy atom. The molecule has 5 nitrogen and oxygen atoms in total. The van der Waals surface area contributed by atoms with Gasteiger partial charge in [0.15, 0.2) is 0 Å². The van der Waals surface area contributed by atoms with Crippen molar-refractivity contribution in [1.29, 1.82) is 0 Å². The van der Waals surface area contributed by atoms with Gasteiger partial charge in [-0.05, 0) is 50.6 Å². The summed E-state index contributed by atoms with van der Waals surface area (Å²) < 4.78 is 31.5. The predicted octanol–water partition coefficient (Wildman–Crippen LogP) is 0.330. The van der Waals surface area contributed by atoms with Crippen LogP contribution >= 0.6 is 0 Å². The molecule has 0 amide bonds. The first-order chi connectivity index (χ1) is 8.61. The zero-order valence-electron chi connectivity index (χ0n) is 11.0. The molecule has 0 radical (unpaired) electrons. The van der Waals surface area contributed by atoms with E-state index in [0.717, 1.165) is 38.3 Å².